The zero-order valence-corrected chi connectivity index (χ0v) is 8.98. The van der Waals surface area contributed by atoms with E-state index in [1.807, 2.05) is 0 Å². The Morgan fingerprint density at radius 1 is 1.39 bits per heavy atom. The second-order valence-corrected chi connectivity index (χ2v) is 4.10. The summed E-state index contributed by atoms with van der Waals surface area (Å²) in [6.45, 7) is 0. The first kappa shape index (κ1) is 12.0. The summed E-state index contributed by atoms with van der Waals surface area (Å²) in [6, 6.07) is 5.28. The Morgan fingerprint density at radius 3 is 2.50 bits per heavy atom. The van der Waals surface area contributed by atoms with Crippen molar-refractivity contribution in [1.82, 2.24) is 0 Å². The van der Waals surface area contributed by atoms with E-state index in [0.29, 0.717) is 5.56 Å². The highest BCUT2D eigenvalue weighted by Crippen LogP contribution is 2.54. The standard InChI is InChI=1S/C10H8N2O6/c13-9(14)10(12(17)18)5-8(10)6-2-1-3-7(4-6)11(15)16/h1-4,8H,5H2,(H,13,14). The molecule has 0 heterocycles. The van der Waals surface area contributed by atoms with E-state index in [1.165, 1.54) is 24.3 Å². The minimum atomic E-state index is -2.03. The molecule has 2 rings (SSSR count). The van der Waals surface area contributed by atoms with Crippen LogP contribution < -0.4 is 0 Å². The summed E-state index contributed by atoms with van der Waals surface area (Å²) < 4.78 is 0. The van der Waals surface area contributed by atoms with Crippen molar-refractivity contribution in [2.24, 2.45) is 0 Å². The predicted molar refractivity (Wildman–Crippen MR) is 57.8 cm³/mol. The lowest BCUT2D eigenvalue weighted by atomic mass is 10.1. The molecular weight excluding hydrogens is 244 g/mol. The summed E-state index contributed by atoms with van der Waals surface area (Å²) in [5.41, 5.74) is -1.93. The van der Waals surface area contributed by atoms with Gasteiger partial charge in [-0.25, -0.2) is 4.79 Å². The maximum absolute atomic E-state index is 11.0. The molecule has 2 unspecified atom stereocenters. The van der Waals surface area contributed by atoms with Gasteiger partial charge in [0.05, 0.1) is 10.8 Å². The van der Waals surface area contributed by atoms with Crippen molar-refractivity contribution >= 4 is 11.7 Å². The molecule has 1 saturated carbocycles. The monoisotopic (exact) mass is 252 g/mol. The van der Waals surface area contributed by atoms with E-state index >= 15 is 0 Å². The van der Waals surface area contributed by atoms with Gasteiger partial charge in [0, 0.05) is 23.5 Å². The molecule has 1 aromatic rings. The third kappa shape index (κ3) is 1.58. The van der Waals surface area contributed by atoms with Crippen molar-refractivity contribution in [1.29, 1.82) is 0 Å². The summed E-state index contributed by atoms with van der Waals surface area (Å²) >= 11 is 0. The smallest absolute Gasteiger partial charge is 0.383 e. The van der Waals surface area contributed by atoms with Crippen LogP contribution in [-0.2, 0) is 4.79 Å². The Hall–Kier alpha value is -2.51. The molecule has 8 nitrogen and oxygen atoms in total. The molecule has 0 spiro atoms. The molecule has 18 heavy (non-hydrogen) atoms. The highest BCUT2D eigenvalue weighted by Gasteiger charge is 2.73. The SMILES string of the molecule is O=C(O)C1([N+](=O)[O-])CC1c1cccc([N+](=O)[O-])c1. The molecule has 8 heteroatoms. The van der Waals surface area contributed by atoms with Crippen molar-refractivity contribution in [3.8, 4) is 0 Å². The summed E-state index contributed by atoms with van der Waals surface area (Å²) in [7, 11) is 0. The van der Waals surface area contributed by atoms with Crippen LogP contribution in [-0.4, -0.2) is 26.5 Å². The maximum Gasteiger partial charge on any atom is 0.383 e. The first-order valence-electron chi connectivity index (χ1n) is 5.02. The number of nitro groups is 2. The van der Waals surface area contributed by atoms with Crippen LogP contribution in [0.4, 0.5) is 5.69 Å². The molecule has 0 saturated heterocycles. The lowest BCUT2D eigenvalue weighted by molar-refractivity contribution is -0.526. The largest absolute Gasteiger partial charge is 0.476 e. The van der Waals surface area contributed by atoms with Crippen molar-refractivity contribution in [3.05, 3.63) is 50.1 Å². The number of rotatable bonds is 4. The quantitative estimate of drug-likeness (QED) is 0.633. The minimum absolute atomic E-state index is 0.142. The van der Waals surface area contributed by atoms with E-state index < -0.39 is 27.3 Å². The summed E-state index contributed by atoms with van der Waals surface area (Å²) in [5.74, 6) is -2.33. The topological polar surface area (TPSA) is 124 Å². The second kappa shape index (κ2) is 3.76. The van der Waals surface area contributed by atoms with Crippen molar-refractivity contribution in [2.75, 3.05) is 0 Å². The molecular formula is C10H8N2O6. The molecule has 0 aromatic heterocycles. The number of hydrogen-bond donors (Lipinski definition) is 1. The number of nitro benzene ring substituents is 1. The molecule has 0 bridgehead atoms. The van der Waals surface area contributed by atoms with Gasteiger partial charge in [-0.15, -0.1) is 0 Å². The van der Waals surface area contributed by atoms with Crippen LogP contribution in [0.2, 0.25) is 0 Å². The van der Waals surface area contributed by atoms with Gasteiger partial charge in [0.25, 0.3) is 5.69 Å². The first-order valence-corrected chi connectivity index (χ1v) is 5.02. The number of carboxylic acid groups (broad SMARTS) is 1. The minimum Gasteiger partial charge on any atom is -0.476 e. The summed E-state index contributed by atoms with van der Waals surface area (Å²) in [6.07, 6.45) is -0.142. The number of non-ortho nitro benzene ring substituents is 1. The van der Waals surface area contributed by atoms with Crippen LogP contribution in [0.3, 0.4) is 0 Å². The van der Waals surface area contributed by atoms with Gasteiger partial charge in [0.1, 0.15) is 0 Å². The van der Waals surface area contributed by atoms with Crippen LogP contribution in [0.25, 0.3) is 0 Å². The molecule has 1 fully saturated rings. The van der Waals surface area contributed by atoms with Gasteiger partial charge in [0.2, 0.25) is 0 Å². The highest BCUT2D eigenvalue weighted by atomic mass is 16.6. The number of benzene rings is 1. The third-order valence-electron chi connectivity index (χ3n) is 3.11. The number of hydrogen-bond acceptors (Lipinski definition) is 5. The Balaban J connectivity index is 2.36. The lowest BCUT2D eigenvalue weighted by Crippen LogP contribution is -2.33. The molecule has 0 aliphatic heterocycles. The van der Waals surface area contributed by atoms with Crippen molar-refractivity contribution in [2.45, 2.75) is 17.9 Å². The molecule has 2 atom stereocenters. The Kier molecular flexibility index (Phi) is 2.50. The lowest BCUT2D eigenvalue weighted by Gasteiger charge is -2.04. The van der Waals surface area contributed by atoms with Gasteiger partial charge >= 0.3 is 11.5 Å². The Bertz CT molecular complexity index is 541. The van der Waals surface area contributed by atoms with Gasteiger partial charge in [-0.2, -0.15) is 0 Å². The number of carbonyl (C=O) groups is 1. The van der Waals surface area contributed by atoms with E-state index in [4.69, 9.17) is 5.11 Å². The van der Waals surface area contributed by atoms with E-state index in [9.17, 15) is 25.0 Å². The number of carboxylic acids is 1. The predicted octanol–water partition coefficient (Wildman–Crippen LogP) is 1.18. The van der Waals surface area contributed by atoms with Crippen LogP contribution in [0, 0.1) is 20.2 Å². The average Bonchev–Trinajstić information content (AvgIpc) is 3.05. The number of aliphatic carboxylic acids is 1. The Labute approximate surface area is 100 Å². The molecule has 94 valence electrons. The average molecular weight is 252 g/mol. The molecule has 1 aliphatic carbocycles. The number of nitrogens with zero attached hydrogens (tertiary/aromatic N) is 2. The van der Waals surface area contributed by atoms with E-state index in [2.05, 4.69) is 0 Å². The molecule has 0 amide bonds. The fraction of sp³-hybridized carbons (Fsp3) is 0.300. The van der Waals surface area contributed by atoms with Crippen molar-refractivity contribution in [3.63, 3.8) is 0 Å². The van der Waals surface area contributed by atoms with Gasteiger partial charge < -0.3 is 5.11 Å². The molecule has 0 radical (unpaired) electrons. The summed E-state index contributed by atoms with van der Waals surface area (Å²) in [5, 5.41) is 30.3. The van der Waals surface area contributed by atoms with Crippen LogP contribution in [0.1, 0.15) is 17.9 Å². The van der Waals surface area contributed by atoms with Gasteiger partial charge in [-0.3, -0.25) is 20.2 Å². The fourth-order valence-electron chi connectivity index (χ4n) is 2.02. The fourth-order valence-corrected chi connectivity index (χ4v) is 2.02. The van der Waals surface area contributed by atoms with Gasteiger partial charge in [-0.1, -0.05) is 12.1 Å². The van der Waals surface area contributed by atoms with Gasteiger partial charge in [-0.05, 0) is 5.56 Å². The highest BCUT2D eigenvalue weighted by molar-refractivity contribution is 5.83. The first-order chi connectivity index (χ1) is 8.39. The summed E-state index contributed by atoms with van der Waals surface area (Å²) in [4.78, 5) is 30.9. The maximum atomic E-state index is 11.0. The van der Waals surface area contributed by atoms with Crippen LogP contribution >= 0.6 is 0 Å². The van der Waals surface area contributed by atoms with E-state index in [-0.39, 0.29) is 12.1 Å². The van der Waals surface area contributed by atoms with E-state index in [0.717, 1.165) is 0 Å². The van der Waals surface area contributed by atoms with Gasteiger partial charge in [0.15, 0.2) is 0 Å². The molecule has 1 aliphatic rings. The zero-order chi connectivity index (χ0) is 13.5. The van der Waals surface area contributed by atoms with Crippen LogP contribution in [0.5, 0.6) is 0 Å². The molecule has 1 aromatic carbocycles. The third-order valence-corrected chi connectivity index (χ3v) is 3.11. The zero-order valence-electron chi connectivity index (χ0n) is 8.98. The normalized spacial score (nSPS) is 25.4. The van der Waals surface area contributed by atoms with E-state index in [1.54, 1.807) is 0 Å². The van der Waals surface area contributed by atoms with Crippen LogP contribution in [0.15, 0.2) is 24.3 Å². The molecule has 1 N–H and O–H groups in total. The Morgan fingerprint density at radius 2 is 2.06 bits per heavy atom. The van der Waals surface area contributed by atoms with Crippen molar-refractivity contribution < 1.29 is 19.7 Å². The second-order valence-electron chi connectivity index (χ2n) is 4.10.